The maximum Gasteiger partial charge on any atom is 0.305 e. The van der Waals surface area contributed by atoms with Crippen LogP contribution in [0, 0.1) is 0 Å². The van der Waals surface area contributed by atoms with Crippen LogP contribution in [0.15, 0.2) is 18.2 Å². The van der Waals surface area contributed by atoms with E-state index in [2.05, 4.69) is 9.47 Å². The third-order valence-corrected chi connectivity index (χ3v) is 2.56. The molecule has 0 aromatic heterocycles. The van der Waals surface area contributed by atoms with E-state index in [-0.39, 0.29) is 11.9 Å². The minimum absolute atomic E-state index is 0.123. The molecule has 7 nitrogen and oxygen atoms in total. The van der Waals surface area contributed by atoms with Crippen molar-refractivity contribution in [3.63, 3.8) is 0 Å². The zero-order valence-electron chi connectivity index (χ0n) is 16.1. The lowest BCUT2D eigenvalue weighted by molar-refractivity contribution is -0.143. The minimum Gasteiger partial charge on any atom is -0.497 e. The summed E-state index contributed by atoms with van der Waals surface area (Å²) in [5.41, 5.74) is 6.19. The predicted molar refractivity (Wildman–Crippen MR) is 97.8 cm³/mol. The Kier molecular flexibility index (Phi) is 16.3. The van der Waals surface area contributed by atoms with Crippen molar-refractivity contribution in [2.75, 3.05) is 33.2 Å². The van der Waals surface area contributed by atoms with Gasteiger partial charge in [0.2, 0.25) is 0 Å². The van der Waals surface area contributed by atoms with Gasteiger partial charge in [-0.3, -0.25) is 9.59 Å². The average Bonchev–Trinajstić information content (AvgIpc) is 2.62. The van der Waals surface area contributed by atoms with Gasteiger partial charge in [0, 0.05) is 36.7 Å². The number of esters is 2. The van der Waals surface area contributed by atoms with Crippen LogP contribution in [-0.4, -0.2) is 39.4 Å². The third kappa shape index (κ3) is 14.9. The van der Waals surface area contributed by atoms with Gasteiger partial charge in [-0.05, 0) is 13.8 Å². The molecule has 0 atom stereocenters. The smallest absolute Gasteiger partial charge is 0.305 e. The van der Waals surface area contributed by atoms with Crippen molar-refractivity contribution in [3.05, 3.63) is 18.2 Å². The molecule has 1 rings (SSSR count). The Balaban J connectivity index is 0. The van der Waals surface area contributed by atoms with Crippen LogP contribution in [0.3, 0.4) is 0 Å². The molecule has 0 saturated carbocycles. The third-order valence-electron chi connectivity index (χ3n) is 2.56. The number of methoxy groups -OCH3 is 2. The van der Waals surface area contributed by atoms with Crippen LogP contribution in [-0.2, 0) is 19.1 Å². The fourth-order valence-electron chi connectivity index (χ4n) is 1.36. The normalized spacial score (nSPS) is 8.72. The molecule has 0 spiro atoms. The maximum absolute atomic E-state index is 10.2. The lowest BCUT2D eigenvalue weighted by Gasteiger charge is -2.04. The molecule has 0 aliphatic rings. The Bertz CT molecular complexity index is 450. The molecule has 0 aliphatic carbocycles. The summed E-state index contributed by atoms with van der Waals surface area (Å²) in [7, 11) is 3.18. The lowest BCUT2D eigenvalue weighted by atomic mass is 10.3. The van der Waals surface area contributed by atoms with Gasteiger partial charge in [-0.15, -0.1) is 0 Å². The highest BCUT2D eigenvalue weighted by Crippen LogP contribution is 2.23. The van der Waals surface area contributed by atoms with E-state index in [9.17, 15) is 9.59 Å². The van der Waals surface area contributed by atoms with Crippen molar-refractivity contribution >= 4 is 17.6 Å². The lowest BCUT2D eigenvalue weighted by Crippen LogP contribution is -2.00. The Morgan fingerprint density at radius 1 is 0.800 bits per heavy atom. The Hall–Kier alpha value is -2.44. The van der Waals surface area contributed by atoms with Gasteiger partial charge in [0.25, 0.3) is 0 Å². The van der Waals surface area contributed by atoms with E-state index in [1.165, 1.54) is 0 Å². The van der Waals surface area contributed by atoms with Gasteiger partial charge in [-0.1, -0.05) is 13.8 Å². The first-order valence-corrected chi connectivity index (χ1v) is 8.17. The SMILES string of the molecule is CCOC(=O)CC.CCOC(=O)CC.COc1cc(N)cc(OC)c1. The molecular weight excluding hydrogens is 326 g/mol. The van der Waals surface area contributed by atoms with E-state index in [0.717, 1.165) is 0 Å². The number of hydrogen-bond donors (Lipinski definition) is 1. The van der Waals surface area contributed by atoms with Crippen LogP contribution in [0.1, 0.15) is 40.5 Å². The fourth-order valence-corrected chi connectivity index (χ4v) is 1.36. The second-order valence-electron chi connectivity index (χ2n) is 4.46. The van der Waals surface area contributed by atoms with Crippen LogP contribution in [0.25, 0.3) is 0 Å². The molecule has 0 bridgehead atoms. The molecule has 1 aromatic rings. The van der Waals surface area contributed by atoms with Crippen molar-refractivity contribution < 1.29 is 28.5 Å². The Morgan fingerprint density at radius 3 is 1.36 bits per heavy atom. The molecule has 25 heavy (non-hydrogen) atoms. The monoisotopic (exact) mass is 357 g/mol. The van der Waals surface area contributed by atoms with Crippen LogP contribution in [0.5, 0.6) is 11.5 Å². The van der Waals surface area contributed by atoms with E-state index in [4.69, 9.17) is 15.2 Å². The number of nitrogen functional groups attached to an aromatic ring is 1. The van der Waals surface area contributed by atoms with Crippen molar-refractivity contribution in [1.82, 2.24) is 0 Å². The Morgan fingerprint density at radius 2 is 1.16 bits per heavy atom. The van der Waals surface area contributed by atoms with Crippen LogP contribution < -0.4 is 15.2 Å². The summed E-state index contributed by atoms with van der Waals surface area (Å²) < 4.78 is 19.1. The number of nitrogens with two attached hydrogens (primary N) is 1. The number of ether oxygens (including phenoxy) is 4. The van der Waals surface area contributed by atoms with E-state index >= 15 is 0 Å². The van der Waals surface area contributed by atoms with E-state index in [1.807, 2.05) is 0 Å². The van der Waals surface area contributed by atoms with Crippen LogP contribution in [0.2, 0.25) is 0 Å². The second kappa shape index (κ2) is 16.4. The Labute approximate surface area is 150 Å². The quantitative estimate of drug-likeness (QED) is 0.616. The average molecular weight is 357 g/mol. The first-order chi connectivity index (χ1) is 11.9. The molecule has 2 N–H and O–H groups in total. The number of anilines is 1. The number of hydrogen-bond acceptors (Lipinski definition) is 7. The highest BCUT2D eigenvalue weighted by atomic mass is 16.5. The summed E-state index contributed by atoms with van der Waals surface area (Å²) in [6.07, 6.45) is 0.960. The van der Waals surface area contributed by atoms with Crippen molar-refractivity contribution in [2.24, 2.45) is 0 Å². The molecule has 0 fully saturated rings. The van der Waals surface area contributed by atoms with Gasteiger partial charge < -0.3 is 24.7 Å². The van der Waals surface area contributed by atoms with Gasteiger partial charge in [0.05, 0.1) is 27.4 Å². The summed E-state index contributed by atoms with van der Waals surface area (Å²) in [5, 5.41) is 0. The number of benzene rings is 1. The van der Waals surface area contributed by atoms with Gasteiger partial charge in [0.15, 0.2) is 0 Å². The standard InChI is InChI=1S/C8H11NO2.2C5H10O2/c1-10-7-3-6(9)4-8(5-7)11-2;2*1-3-5(6)7-4-2/h3-5H,9H2,1-2H3;2*3-4H2,1-2H3. The second-order valence-corrected chi connectivity index (χ2v) is 4.46. The highest BCUT2D eigenvalue weighted by Gasteiger charge is 1.97. The van der Waals surface area contributed by atoms with E-state index in [1.54, 1.807) is 60.1 Å². The number of carbonyl (C=O) groups excluding carboxylic acids is 2. The van der Waals surface area contributed by atoms with Crippen molar-refractivity contribution in [3.8, 4) is 11.5 Å². The molecule has 0 radical (unpaired) electrons. The summed E-state index contributed by atoms with van der Waals surface area (Å²) in [4.78, 5) is 20.4. The molecule has 0 aliphatic heterocycles. The first-order valence-electron chi connectivity index (χ1n) is 8.17. The molecule has 0 heterocycles. The maximum atomic E-state index is 10.2. The molecule has 0 unspecified atom stereocenters. The van der Waals surface area contributed by atoms with E-state index in [0.29, 0.717) is 43.2 Å². The predicted octanol–water partition coefficient (Wildman–Crippen LogP) is 3.21. The summed E-state index contributed by atoms with van der Waals surface area (Å²) in [6, 6.07) is 5.25. The van der Waals surface area contributed by atoms with Crippen molar-refractivity contribution in [1.29, 1.82) is 0 Å². The van der Waals surface area contributed by atoms with Gasteiger partial charge in [0.1, 0.15) is 11.5 Å². The molecular formula is C18H31NO6. The van der Waals surface area contributed by atoms with Gasteiger partial charge >= 0.3 is 11.9 Å². The number of carbonyl (C=O) groups is 2. The molecule has 0 amide bonds. The van der Waals surface area contributed by atoms with Gasteiger partial charge in [-0.2, -0.15) is 0 Å². The zero-order valence-corrected chi connectivity index (χ0v) is 16.1. The van der Waals surface area contributed by atoms with Crippen LogP contribution in [0.4, 0.5) is 5.69 Å². The summed E-state index contributed by atoms with van der Waals surface area (Å²) in [6.45, 7) is 8.14. The molecule has 7 heteroatoms. The molecule has 144 valence electrons. The summed E-state index contributed by atoms with van der Waals surface area (Å²) >= 11 is 0. The van der Waals surface area contributed by atoms with E-state index < -0.39 is 0 Å². The number of rotatable bonds is 6. The van der Waals surface area contributed by atoms with Crippen molar-refractivity contribution in [2.45, 2.75) is 40.5 Å². The highest BCUT2D eigenvalue weighted by molar-refractivity contribution is 5.69. The molecule has 1 aromatic carbocycles. The topological polar surface area (TPSA) is 97.1 Å². The first kappa shape index (κ1) is 24.8. The van der Waals surface area contributed by atoms with Crippen LogP contribution >= 0.6 is 0 Å². The molecule has 0 saturated heterocycles. The zero-order chi connectivity index (χ0) is 19.7. The fraction of sp³-hybridized carbons (Fsp3) is 0.556. The largest absolute Gasteiger partial charge is 0.497 e. The summed E-state index contributed by atoms with van der Waals surface area (Å²) in [5.74, 6) is 1.17. The minimum atomic E-state index is -0.123. The van der Waals surface area contributed by atoms with Gasteiger partial charge in [-0.25, -0.2) is 0 Å².